The molecule has 0 nitrogen and oxygen atoms in total. The Morgan fingerprint density at radius 2 is 1.19 bits per heavy atom. The van der Waals surface area contributed by atoms with E-state index in [-0.39, 0.29) is 0 Å². The lowest BCUT2D eigenvalue weighted by Gasteiger charge is -2.26. The van der Waals surface area contributed by atoms with Crippen molar-refractivity contribution in [2.45, 2.75) is 30.8 Å². The Balaban J connectivity index is 1.90. The summed E-state index contributed by atoms with van der Waals surface area (Å²) >= 11 is 5.91. The van der Waals surface area contributed by atoms with Crippen molar-refractivity contribution in [2.24, 2.45) is 0 Å². The van der Waals surface area contributed by atoms with E-state index in [1.54, 1.807) is 0 Å². The number of hydrogen-bond donors (Lipinski definition) is 0. The van der Waals surface area contributed by atoms with Gasteiger partial charge in [-0.1, -0.05) is 126 Å². The highest BCUT2D eigenvalue weighted by molar-refractivity contribution is 6.93. The molecule has 3 radical (unpaired) electrons. The van der Waals surface area contributed by atoms with Gasteiger partial charge in [-0.2, -0.15) is 0 Å². The molecule has 3 aromatic carbocycles. The third-order valence-electron chi connectivity index (χ3n) is 4.76. The smallest absolute Gasteiger partial charge is 0.121 e. The Hall–Kier alpha value is -1.62. The molecule has 3 rings (SSSR count). The molecule has 27 heavy (non-hydrogen) atoms. The monoisotopic (exact) mass is 405 g/mol. The first-order valence-electron chi connectivity index (χ1n) is 9.73. The second-order valence-electron chi connectivity index (χ2n) is 6.75. The largest absolute Gasteiger partial charge is 0.127 e. The van der Waals surface area contributed by atoms with Crippen molar-refractivity contribution in [1.82, 2.24) is 0 Å². The summed E-state index contributed by atoms with van der Waals surface area (Å²) in [7, 11) is 0.00775. The lowest BCUT2D eigenvalue weighted by atomic mass is 10.2. The van der Waals surface area contributed by atoms with Crippen molar-refractivity contribution in [3.05, 3.63) is 91.0 Å². The average molecular weight is 406 g/mol. The van der Waals surface area contributed by atoms with Crippen molar-refractivity contribution < 1.29 is 0 Å². The van der Waals surface area contributed by atoms with Gasteiger partial charge in [0.25, 0.3) is 0 Å². The normalized spacial score (nSPS) is 12.2. The standard InChI is InChI=1S/C24H26ClSi2/c25-20-12-4-11-19-24(26-21-13-5-1-6-14-21)27(22-15-7-2-8-16-22)23-17-9-3-10-18-23/h1-3,5-10,13-18,24H,4,11-12,19-20H2. The SMILES string of the molecule is ClCCCCCC([Si]c1ccccc1)[Si](c1ccccc1)c1ccccc1. The van der Waals surface area contributed by atoms with Crippen molar-refractivity contribution >= 4 is 45.5 Å². The van der Waals surface area contributed by atoms with Gasteiger partial charge in [0.2, 0.25) is 0 Å². The minimum Gasteiger partial charge on any atom is -0.127 e. The summed E-state index contributed by atoms with van der Waals surface area (Å²) in [5, 5.41) is 5.24. The summed E-state index contributed by atoms with van der Waals surface area (Å²) in [6.45, 7) is 0. The highest BCUT2D eigenvalue weighted by Crippen LogP contribution is 2.19. The van der Waals surface area contributed by atoms with Crippen LogP contribution in [0.2, 0.25) is 5.16 Å². The molecule has 137 valence electrons. The predicted molar refractivity (Wildman–Crippen MR) is 123 cm³/mol. The molecule has 0 fully saturated rings. The number of rotatable bonds is 10. The summed E-state index contributed by atoms with van der Waals surface area (Å²) < 4.78 is 0. The number of benzene rings is 3. The Bertz CT molecular complexity index is 723. The van der Waals surface area contributed by atoms with Crippen LogP contribution < -0.4 is 15.6 Å². The van der Waals surface area contributed by atoms with E-state index >= 15 is 0 Å². The van der Waals surface area contributed by atoms with Crippen LogP contribution in [-0.2, 0) is 0 Å². The highest BCUT2D eigenvalue weighted by atomic mass is 35.5. The van der Waals surface area contributed by atoms with Gasteiger partial charge in [-0.15, -0.1) is 11.6 Å². The van der Waals surface area contributed by atoms with E-state index in [0.717, 1.165) is 21.8 Å². The van der Waals surface area contributed by atoms with E-state index < -0.39 is 8.80 Å². The van der Waals surface area contributed by atoms with Gasteiger partial charge in [0.1, 0.15) is 8.80 Å². The zero-order chi connectivity index (χ0) is 18.7. The molecular formula is C24H26ClSi2. The maximum Gasteiger partial charge on any atom is 0.121 e. The van der Waals surface area contributed by atoms with Gasteiger partial charge in [0, 0.05) is 5.88 Å². The average Bonchev–Trinajstić information content (AvgIpc) is 2.73. The molecule has 1 atom stereocenters. The maximum absolute atomic E-state index is 5.91. The first-order chi connectivity index (χ1) is 13.4. The molecule has 1 unspecified atom stereocenters. The van der Waals surface area contributed by atoms with Crippen LogP contribution in [0.3, 0.4) is 0 Å². The number of unbranched alkanes of at least 4 members (excludes halogenated alkanes) is 2. The van der Waals surface area contributed by atoms with E-state index in [2.05, 4.69) is 91.0 Å². The van der Waals surface area contributed by atoms with Crippen molar-refractivity contribution in [2.75, 3.05) is 5.88 Å². The van der Waals surface area contributed by atoms with Crippen molar-refractivity contribution in [1.29, 1.82) is 0 Å². The fraction of sp³-hybridized carbons (Fsp3) is 0.250. The Kier molecular flexibility index (Phi) is 8.41. The van der Waals surface area contributed by atoms with E-state index in [1.165, 1.54) is 34.8 Å². The molecular weight excluding hydrogens is 380 g/mol. The number of halogens is 1. The first-order valence-corrected chi connectivity index (χ1v) is 12.9. The lowest BCUT2D eigenvalue weighted by molar-refractivity contribution is 0.688. The molecule has 0 aliphatic heterocycles. The number of alkyl halides is 1. The topological polar surface area (TPSA) is 0 Å². The molecule has 0 bridgehead atoms. The van der Waals surface area contributed by atoms with Gasteiger partial charge in [-0.25, -0.2) is 0 Å². The van der Waals surface area contributed by atoms with Crippen LogP contribution >= 0.6 is 11.6 Å². The van der Waals surface area contributed by atoms with Crippen LogP contribution in [0, 0.1) is 0 Å². The van der Waals surface area contributed by atoms with Crippen LogP contribution in [0.1, 0.15) is 25.7 Å². The maximum atomic E-state index is 5.91. The van der Waals surface area contributed by atoms with Gasteiger partial charge >= 0.3 is 0 Å². The number of hydrogen-bond acceptors (Lipinski definition) is 0. The van der Waals surface area contributed by atoms with Crippen molar-refractivity contribution in [3.8, 4) is 0 Å². The van der Waals surface area contributed by atoms with Gasteiger partial charge in [0.05, 0.1) is 9.52 Å². The second kappa shape index (κ2) is 11.3. The second-order valence-corrected chi connectivity index (χ2v) is 11.9. The molecule has 0 spiro atoms. The summed E-state index contributed by atoms with van der Waals surface area (Å²) in [5.74, 6) is 0.779. The van der Waals surface area contributed by atoms with E-state index in [1.807, 2.05) is 0 Å². The van der Waals surface area contributed by atoms with Gasteiger partial charge in [-0.05, 0) is 11.6 Å². The van der Waals surface area contributed by atoms with E-state index in [4.69, 9.17) is 11.6 Å². The molecule has 0 aliphatic carbocycles. The molecule has 0 aromatic heterocycles. The quantitative estimate of drug-likeness (QED) is 0.265. The molecule has 3 aromatic rings. The van der Waals surface area contributed by atoms with E-state index in [9.17, 15) is 0 Å². The van der Waals surface area contributed by atoms with Crippen LogP contribution in [0.4, 0.5) is 0 Å². The predicted octanol–water partition coefficient (Wildman–Crippen LogP) is 4.45. The van der Waals surface area contributed by atoms with Gasteiger partial charge in [-0.3, -0.25) is 0 Å². The third kappa shape index (κ3) is 6.20. The first kappa shape index (κ1) is 20.1. The Morgan fingerprint density at radius 3 is 1.70 bits per heavy atom. The highest BCUT2D eigenvalue weighted by Gasteiger charge is 2.27. The summed E-state index contributed by atoms with van der Waals surface area (Å²) in [5.41, 5.74) is 0. The molecule has 0 saturated carbocycles. The Labute approximate surface area is 173 Å². The minimum atomic E-state index is -0.843. The zero-order valence-corrected chi connectivity index (χ0v) is 18.4. The molecule has 3 heteroatoms. The van der Waals surface area contributed by atoms with Crippen LogP contribution in [0.15, 0.2) is 91.0 Å². The van der Waals surface area contributed by atoms with Crippen LogP contribution in [0.5, 0.6) is 0 Å². The van der Waals surface area contributed by atoms with Crippen molar-refractivity contribution in [3.63, 3.8) is 0 Å². The third-order valence-corrected chi connectivity index (χ3v) is 10.5. The lowest BCUT2D eigenvalue weighted by Crippen LogP contribution is -2.49. The molecule has 0 N–H and O–H groups in total. The summed E-state index contributed by atoms with van der Waals surface area (Å²) in [6, 6.07) is 33.4. The summed E-state index contributed by atoms with van der Waals surface area (Å²) in [6.07, 6.45) is 4.91. The van der Waals surface area contributed by atoms with Crippen LogP contribution in [0.25, 0.3) is 0 Å². The fourth-order valence-corrected chi connectivity index (χ4v) is 9.58. The minimum absolute atomic E-state index is 0.706. The molecule has 0 heterocycles. The zero-order valence-electron chi connectivity index (χ0n) is 15.7. The fourth-order valence-electron chi connectivity index (χ4n) is 3.45. The molecule has 0 saturated heterocycles. The van der Waals surface area contributed by atoms with E-state index in [0.29, 0.717) is 5.16 Å². The molecule has 0 aliphatic rings. The van der Waals surface area contributed by atoms with Gasteiger partial charge < -0.3 is 0 Å². The van der Waals surface area contributed by atoms with Gasteiger partial charge in [0.15, 0.2) is 0 Å². The van der Waals surface area contributed by atoms with Crippen LogP contribution in [-0.4, -0.2) is 24.2 Å². The summed E-state index contributed by atoms with van der Waals surface area (Å²) in [4.78, 5) is 0. The Morgan fingerprint density at radius 1 is 0.667 bits per heavy atom. The molecule has 0 amide bonds.